The van der Waals surface area contributed by atoms with Gasteiger partial charge in [0.15, 0.2) is 0 Å². The Hall–Kier alpha value is -2.08. The number of primary amides is 1. The fourth-order valence-electron chi connectivity index (χ4n) is 1.27. The standard InChI is InChI=1S/C11H15N3O3/c1-3-13-14(11(12)16)10(15)8-4-6-9(17-2)7-5-8/h4-7,13H,3H2,1-2H3,(H2,12,16). The maximum absolute atomic E-state index is 11.9. The number of carbonyl (C=O) groups is 2. The van der Waals surface area contributed by atoms with Crippen LogP contribution in [0.2, 0.25) is 0 Å². The molecule has 3 N–H and O–H groups in total. The molecule has 6 nitrogen and oxygen atoms in total. The van der Waals surface area contributed by atoms with Crippen LogP contribution in [0.5, 0.6) is 5.75 Å². The molecule has 0 spiro atoms. The quantitative estimate of drug-likeness (QED) is 0.756. The number of hydrogen-bond donors (Lipinski definition) is 2. The van der Waals surface area contributed by atoms with Crippen LogP contribution in [-0.4, -0.2) is 30.6 Å². The lowest BCUT2D eigenvalue weighted by Gasteiger charge is -2.18. The molecule has 0 bridgehead atoms. The molecule has 0 radical (unpaired) electrons. The summed E-state index contributed by atoms with van der Waals surface area (Å²) in [5, 5.41) is 0.780. The molecule has 0 heterocycles. The van der Waals surface area contributed by atoms with Crippen molar-refractivity contribution in [2.45, 2.75) is 6.92 Å². The number of nitrogens with one attached hydrogen (secondary N) is 1. The number of carbonyl (C=O) groups excluding carboxylic acids is 2. The maximum atomic E-state index is 11.9. The molecule has 0 saturated heterocycles. The molecule has 1 rings (SSSR count). The first-order chi connectivity index (χ1) is 8.10. The third kappa shape index (κ3) is 3.18. The minimum Gasteiger partial charge on any atom is -0.497 e. The summed E-state index contributed by atoms with van der Waals surface area (Å²) in [7, 11) is 1.53. The lowest BCUT2D eigenvalue weighted by atomic mass is 10.2. The lowest BCUT2D eigenvalue weighted by molar-refractivity contribution is 0.0741. The van der Waals surface area contributed by atoms with E-state index >= 15 is 0 Å². The van der Waals surface area contributed by atoms with Gasteiger partial charge in [0.05, 0.1) is 7.11 Å². The van der Waals surface area contributed by atoms with E-state index < -0.39 is 11.9 Å². The van der Waals surface area contributed by atoms with Gasteiger partial charge in [-0.05, 0) is 24.3 Å². The first-order valence-corrected chi connectivity index (χ1v) is 5.11. The molecule has 1 aromatic rings. The maximum Gasteiger partial charge on any atom is 0.336 e. The lowest BCUT2D eigenvalue weighted by Crippen LogP contribution is -2.49. The summed E-state index contributed by atoms with van der Waals surface area (Å²) in [4.78, 5) is 23.0. The predicted molar refractivity (Wildman–Crippen MR) is 62.4 cm³/mol. The Bertz CT molecular complexity index is 403. The number of urea groups is 1. The zero-order chi connectivity index (χ0) is 12.8. The van der Waals surface area contributed by atoms with E-state index in [1.165, 1.54) is 7.11 Å². The summed E-state index contributed by atoms with van der Waals surface area (Å²) in [5.74, 6) is 0.137. The molecule has 1 aromatic carbocycles. The summed E-state index contributed by atoms with van der Waals surface area (Å²) < 4.78 is 4.97. The van der Waals surface area contributed by atoms with Crippen molar-refractivity contribution in [1.82, 2.24) is 10.4 Å². The second-order valence-electron chi connectivity index (χ2n) is 3.22. The van der Waals surface area contributed by atoms with Crippen molar-refractivity contribution in [2.75, 3.05) is 13.7 Å². The van der Waals surface area contributed by atoms with Crippen LogP contribution in [0.4, 0.5) is 4.79 Å². The molecule has 17 heavy (non-hydrogen) atoms. The number of ether oxygens (including phenoxy) is 1. The number of nitrogens with zero attached hydrogens (tertiary/aromatic N) is 1. The topological polar surface area (TPSA) is 84.7 Å². The third-order valence-electron chi connectivity index (χ3n) is 2.08. The van der Waals surface area contributed by atoms with Crippen LogP contribution in [0.1, 0.15) is 17.3 Å². The van der Waals surface area contributed by atoms with Crippen LogP contribution < -0.4 is 15.9 Å². The highest BCUT2D eigenvalue weighted by molar-refractivity contribution is 6.03. The van der Waals surface area contributed by atoms with E-state index in [2.05, 4.69) is 5.43 Å². The Morgan fingerprint density at radius 1 is 1.35 bits per heavy atom. The molecular weight excluding hydrogens is 222 g/mol. The smallest absolute Gasteiger partial charge is 0.336 e. The van der Waals surface area contributed by atoms with E-state index in [1.54, 1.807) is 31.2 Å². The van der Waals surface area contributed by atoms with Gasteiger partial charge >= 0.3 is 6.03 Å². The van der Waals surface area contributed by atoms with Crippen molar-refractivity contribution in [3.8, 4) is 5.75 Å². The van der Waals surface area contributed by atoms with Gasteiger partial charge in [0.1, 0.15) is 5.75 Å². The van der Waals surface area contributed by atoms with Crippen molar-refractivity contribution in [2.24, 2.45) is 5.73 Å². The first-order valence-electron chi connectivity index (χ1n) is 5.11. The second kappa shape index (κ2) is 5.86. The fourth-order valence-corrected chi connectivity index (χ4v) is 1.27. The van der Waals surface area contributed by atoms with Crippen LogP contribution >= 0.6 is 0 Å². The summed E-state index contributed by atoms with van der Waals surface area (Å²) in [6.07, 6.45) is 0. The highest BCUT2D eigenvalue weighted by Crippen LogP contribution is 2.12. The Labute approximate surface area is 99.3 Å². The average molecular weight is 237 g/mol. The summed E-state index contributed by atoms with van der Waals surface area (Å²) in [6, 6.07) is 5.56. The van der Waals surface area contributed by atoms with E-state index in [-0.39, 0.29) is 0 Å². The summed E-state index contributed by atoms with van der Waals surface area (Å²) in [6.45, 7) is 2.18. The molecule has 0 fully saturated rings. The van der Waals surface area contributed by atoms with E-state index in [4.69, 9.17) is 10.5 Å². The van der Waals surface area contributed by atoms with E-state index in [9.17, 15) is 9.59 Å². The Kier molecular flexibility index (Phi) is 4.47. The van der Waals surface area contributed by atoms with Crippen LogP contribution in [0, 0.1) is 0 Å². The normalized spacial score (nSPS) is 9.76. The van der Waals surface area contributed by atoms with Gasteiger partial charge in [0, 0.05) is 12.1 Å². The molecule has 0 unspecified atom stereocenters. The molecule has 6 heteroatoms. The highest BCUT2D eigenvalue weighted by atomic mass is 16.5. The summed E-state index contributed by atoms with van der Waals surface area (Å²) in [5.41, 5.74) is 8.04. The van der Waals surface area contributed by atoms with E-state index in [1.807, 2.05) is 0 Å². The monoisotopic (exact) mass is 237 g/mol. The first kappa shape index (κ1) is 13.0. The number of hydrogen-bond acceptors (Lipinski definition) is 4. The van der Waals surface area contributed by atoms with Gasteiger partial charge in [0.25, 0.3) is 5.91 Å². The van der Waals surface area contributed by atoms with Crippen LogP contribution in [0.3, 0.4) is 0 Å². The van der Waals surface area contributed by atoms with Gasteiger partial charge in [-0.25, -0.2) is 10.2 Å². The molecule has 0 atom stereocenters. The molecule has 3 amide bonds. The molecule has 0 aromatic heterocycles. The minimum atomic E-state index is -0.840. The average Bonchev–Trinajstić information content (AvgIpc) is 2.35. The summed E-state index contributed by atoms with van der Waals surface area (Å²) >= 11 is 0. The minimum absolute atomic E-state index is 0.352. The Morgan fingerprint density at radius 3 is 2.35 bits per heavy atom. The predicted octanol–water partition coefficient (Wildman–Crippen LogP) is 0.741. The van der Waals surface area contributed by atoms with Gasteiger partial charge in [-0.3, -0.25) is 4.79 Å². The van der Waals surface area contributed by atoms with Gasteiger partial charge in [-0.2, -0.15) is 5.01 Å². The van der Waals surface area contributed by atoms with Gasteiger partial charge in [-0.1, -0.05) is 6.92 Å². The number of hydrazine groups is 1. The second-order valence-corrected chi connectivity index (χ2v) is 3.22. The molecule has 0 aliphatic carbocycles. The van der Waals surface area contributed by atoms with Crippen molar-refractivity contribution in [3.05, 3.63) is 29.8 Å². The fraction of sp³-hybridized carbons (Fsp3) is 0.273. The number of imide groups is 1. The van der Waals surface area contributed by atoms with Gasteiger partial charge < -0.3 is 10.5 Å². The number of amides is 3. The van der Waals surface area contributed by atoms with Crippen LogP contribution in [0.15, 0.2) is 24.3 Å². The van der Waals surface area contributed by atoms with Gasteiger partial charge in [-0.15, -0.1) is 0 Å². The van der Waals surface area contributed by atoms with Crippen molar-refractivity contribution in [3.63, 3.8) is 0 Å². The largest absolute Gasteiger partial charge is 0.497 e. The molecule has 0 aliphatic heterocycles. The number of benzene rings is 1. The molecule has 92 valence electrons. The number of nitrogens with two attached hydrogens (primary N) is 1. The van der Waals surface area contributed by atoms with Crippen molar-refractivity contribution in [1.29, 1.82) is 0 Å². The van der Waals surface area contributed by atoms with Gasteiger partial charge in [0.2, 0.25) is 0 Å². The van der Waals surface area contributed by atoms with E-state index in [0.29, 0.717) is 17.9 Å². The zero-order valence-electron chi connectivity index (χ0n) is 9.77. The number of methoxy groups -OCH3 is 1. The SMILES string of the molecule is CCNN(C(N)=O)C(=O)c1ccc(OC)cc1. The Morgan fingerprint density at radius 2 is 1.94 bits per heavy atom. The highest BCUT2D eigenvalue weighted by Gasteiger charge is 2.19. The zero-order valence-corrected chi connectivity index (χ0v) is 9.77. The van der Waals surface area contributed by atoms with Crippen molar-refractivity contribution < 1.29 is 14.3 Å². The van der Waals surface area contributed by atoms with Crippen LogP contribution in [-0.2, 0) is 0 Å². The van der Waals surface area contributed by atoms with Crippen molar-refractivity contribution >= 4 is 11.9 Å². The number of rotatable bonds is 4. The van der Waals surface area contributed by atoms with E-state index in [0.717, 1.165) is 5.01 Å². The third-order valence-corrected chi connectivity index (χ3v) is 2.08. The molecular formula is C11H15N3O3. The molecule has 0 aliphatic rings. The Balaban J connectivity index is 2.89. The molecule has 0 saturated carbocycles. The van der Waals surface area contributed by atoms with Crippen LogP contribution in [0.25, 0.3) is 0 Å².